The number of thiophene rings is 1. The lowest BCUT2D eigenvalue weighted by Gasteiger charge is -2.25. The van der Waals surface area contributed by atoms with Crippen molar-refractivity contribution in [2.75, 3.05) is 31.0 Å². The normalized spacial score (nSPS) is 19.1. The first-order chi connectivity index (χ1) is 16.3. The van der Waals surface area contributed by atoms with Gasteiger partial charge in [0.25, 0.3) is 15.7 Å². The van der Waals surface area contributed by atoms with Crippen LogP contribution in [0.4, 0.5) is 11.5 Å². The minimum atomic E-state index is -4.10. The SMILES string of the molecule is C[C@H]1CCc2c(sc3nc(CN4CCOCC4)nc(NS(=O)(=O)c4cccc([N+](=O)[O-])c4)c23)C1. The van der Waals surface area contributed by atoms with Crippen LogP contribution in [0, 0.1) is 16.0 Å². The molecule has 1 aliphatic carbocycles. The van der Waals surface area contributed by atoms with Crippen LogP contribution in [-0.4, -0.2) is 54.5 Å². The first kappa shape index (κ1) is 23.1. The number of benzene rings is 1. The van der Waals surface area contributed by atoms with Crippen LogP contribution >= 0.6 is 11.3 Å². The Morgan fingerprint density at radius 2 is 2.09 bits per heavy atom. The molecule has 3 heterocycles. The van der Waals surface area contributed by atoms with Gasteiger partial charge in [-0.25, -0.2) is 18.4 Å². The Labute approximate surface area is 201 Å². The summed E-state index contributed by atoms with van der Waals surface area (Å²) in [6.45, 7) is 5.50. The van der Waals surface area contributed by atoms with Gasteiger partial charge in [-0.1, -0.05) is 13.0 Å². The number of nitro groups is 1. The number of hydrogen-bond donors (Lipinski definition) is 1. The Bertz CT molecular complexity index is 1350. The van der Waals surface area contributed by atoms with Crippen molar-refractivity contribution in [1.29, 1.82) is 0 Å². The average molecular weight is 504 g/mol. The molecule has 0 spiro atoms. The van der Waals surface area contributed by atoms with E-state index in [1.54, 1.807) is 11.3 Å². The fourth-order valence-electron chi connectivity index (χ4n) is 4.44. The van der Waals surface area contributed by atoms with Gasteiger partial charge in [0.2, 0.25) is 0 Å². The number of rotatable bonds is 6. The molecule has 3 aromatic rings. The average Bonchev–Trinajstić information content (AvgIpc) is 3.17. The van der Waals surface area contributed by atoms with E-state index in [2.05, 4.69) is 21.5 Å². The molecule has 0 amide bonds. The number of hydrogen-bond acceptors (Lipinski definition) is 9. The van der Waals surface area contributed by atoms with Crippen molar-refractivity contribution in [2.45, 2.75) is 37.6 Å². The molecule has 0 bridgehead atoms. The fourth-order valence-corrected chi connectivity index (χ4v) is 6.90. The van der Waals surface area contributed by atoms with E-state index in [0.717, 1.165) is 54.2 Å². The molecule has 10 nitrogen and oxygen atoms in total. The zero-order chi connectivity index (χ0) is 23.9. The highest BCUT2D eigenvalue weighted by Crippen LogP contribution is 2.40. The Morgan fingerprint density at radius 3 is 2.85 bits per heavy atom. The second-order valence-corrected chi connectivity index (χ2v) is 11.5. The lowest BCUT2D eigenvalue weighted by atomic mass is 9.89. The standard InChI is InChI=1S/C22H25N5O5S2/c1-14-5-6-17-18(11-14)33-22-20(17)21(23-19(24-22)13-26-7-9-32-10-8-26)25-34(30,31)16-4-2-3-15(12-16)27(28)29/h2-4,12,14H,5-11,13H2,1H3,(H,23,24,25)/t14-/m0/s1. The van der Waals surface area contributed by atoms with Gasteiger partial charge in [0.05, 0.1) is 35.0 Å². The van der Waals surface area contributed by atoms with Gasteiger partial charge in [0.1, 0.15) is 10.7 Å². The number of non-ortho nitro benzene ring substituents is 1. The number of nitro benzene ring substituents is 1. The molecule has 1 aliphatic heterocycles. The van der Waals surface area contributed by atoms with E-state index in [-0.39, 0.29) is 16.4 Å². The predicted molar refractivity (Wildman–Crippen MR) is 129 cm³/mol. The molecular formula is C22H25N5O5S2. The second-order valence-electron chi connectivity index (χ2n) is 8.77. The van der Waals surface area contributed by atoms with Crippen molar-refractivity contribution in [1.82, 2.24) is 14.9 Å². The monoisotopic (exact) mass is 503 g/mol. The van der Waals surface area contributed by atoms with Crippen LogP contribution in [-0.2, 0) is 34.1 Å². The Morgan fingerprint density at radius 1 is 1.29 bits per heavy atom. The van der Waals surface area contributed by atoms with Crippen LogP contribution in [0.15, 0.2) is 29.2 Å². The summed E-state index contributed by atoms with van der Waals surface area (Å²) < 4.78 is 34.5. The molecule has 1 fully saturated rings. The number of aromatic nitrogens is 2. The van der Waals surface area contributed by atoms with Crippen LogP contribution in [0.25, 0.3) is 10.2 Å². The van der Waals surface area contributed by atoms with Crippen molar-refractivity contribution in [2.24, 2.45) is 5.92 Å². The van der Waals surface area contributed by atoms with Crippen LogP contribution in [0.5, 0.6) is 0 Å². The Kier molecular flexibility index (Phi) is 6.23. The van der Waals surface area contributed by atoms with E-state index in [4.69, 9.17) is 9.72 Å². The highest BCUT2D eigenvalue weighted by Gasteiger charge is 2.27. The lowest BCUT2D eigenvalue weighted by Crippen LogP contribution is -2.36. The third-order valence-corrected chi connectivity index (χ3v) is 8.72. The molecule has 180 valence electrons. The number of aryl methyl sites for hydroxylation is 1. The van der Waals surface area contributed by atoms with Crippen LogP contribution in [0.1, 0.15) is 29.6 Å². The number of morpholine rings is 1. The molecule has 5 rings (SSSR count). The molecule has 0 saturated carbocycles. The summed E-state index contributed by atoms with van der Waals surface area (Å²) in [6.07, 6.45) is 2.80. The van der Waals surface area contributed by atoms with Crippen molar-refractivity contribution in [3.05, 3.63) is 50.6 Å². The molecule has 1 N–H and O–H groups in total. The maximum absolute atomic E-state index is 13.2. The van der Waals surface area contributed by atoms with Gasteiger partial charge in [-0.3, -0.25) is 19.7 Å². The van der Waals surface area contributed by atoms with Gasteiger partial charge in [-0.05, 0) is 36.8 Å². The minimum absolute atomic E-state index is 0.180. The van der Waals surface area contributed by atoms with E-state index in [9.17, 15) is 18.5 Å². The van der Waals surface area contributed by atoms with Gasteiger partial charge in [0, 0.05) is 30.1 Å². The van der Waals surface area contributed by atoms with E-state index in [1.807, 2.05) is 0 Å². The number of ether oxygens (including phenoxy) is 1. The summed E-state index contributed by atoms with van der Waals surface area (Å²) in [6, 6.07) is 5.02. The van der Waals surface area contributed by atoms with Gasteiger partial charge in [-0.15, -0.1) is 11.3 Å². The van der Waals surface area contributed by atoms with E-state index in [0.29, 0.717) is 31.5 Å². The van der Waals surface area contributed by atoms with Crippen molar-refractivity contribution in [3.8, 4) is 0 Å². The number of nitrogens with one attached hydrogen (secondary N) is 1. The molecule has 0 radical (unpaired) electrons. The van der Waals surface area contributed by atoms with E-state index < -0.39 is 14.9 Å². The number of sulfonamides is 1. The van der Waals surface area contributed by atoms with Crippen molar-refractivity contribution in [3.63, 3.8) is 0 Å². The number of nitrogens with zero attached hydrogens (tertiary/aromatic N) is 4. The zero-order valence-electron chi connectivity index (χ0n) is 18.7. The van der Waals surface area contributed by atoms with Crippen LogP contribution < -0.4 is 4.72 Å². The third kappa shape index (κ3) is 4.63. The largest absolute Gasteiger partial charge is 0.379 e. The van der Waals surface area contributed by atoms with Gasteiger partial charge < -0.3 is 4.74 Å². The minimum Gasteiger partial charge on any atom is -0.379 e. The first-order valence-electron chi connectivity index (χ1n) is 11.2. The molecule has 12 heteroatoms. The molecule has 0 unspecified atom stereocenters. The second kappa shape index (κ2) is 9.17. The molecule has 2 aliphatic rings. The summed E-state index contributed by atoms with van der Waals surface area (Å²) in [5.41, 5.74) is 0.818. The summed E-state index contributed by atoms with van der Waals surface area (Å²) in [7, 11) is -4.10. The Hall–Kier alpha value is -2.67. The quantitative estimate of drug-likeness (QED) is 0.401. The lowest BCUT2D eigenvalue weighted by molar-refractivity contribution is -0.385. The fraction of sp³-hybridized carbons (Fsp3) is 0.455. The molecule has 1 atom stereocenters. The van der Waals surface area contributed by atoms with Gasteiger partial charge in [-0.2, -0.15) is 0 Å². The molecule has 1 saturated heterocycles. The summed E-state index contributed by atoms with van der Waals surface area (Å²) in [5.74, 6) is 1.34. The summed E-state index contributed by atoms with van der Waals surface area (Å²) in [5, 5.41) is 11.9. The zero-order valence-corrected chi connectivity index (χ0v) is 20.3. The smallest absolute Gasteiger partial charge is 0.270 e. The molecule has 1 aromatic carbocycles. The highest BCUT2D eigenvalue weighted by atomic mass is 32.2. The Balaban J connectivity index is 1.57. The summed E-state index contributed by atoms with van der Waals surface area (Å²) in [4.78, 5) is 24.0. The van der Waals surface area contributed by atoms with E-state index in [1.165, 1.54) is 23.1 Å². The molecule has 34 heavy (non-hydrogen) atoms. The van der Waals surface area contributed by atoms with Crippen LogP contribution in [0.2, 0.25) is 0 Å². The summed E-state index contributed by atoms with van der Waals surface area (Å²) >= 11 is 1.60. The highest BCUT2D eigenvalue weighted by molar-refractivity contribution is 7.92. The maximum atomic E-state index is 13.2. The first-order valence-corrected chi connectivity index (χ1v) is 13.5. The number of anilines is 1. The molecular weight excluding hydrogens is 478 g/mol. The molecule has 2 aromatic heterocycles. The van der Waals surface area contributed by atoms with Gasteiger partial charge >= 0.3 is 0 Å². The topological polar surface area (TPSA) is 128 Å². The number of fused-ring (bicyclic) bond motifs is 3. The van der Waals surface area contributed by atoms with Crippen molar-refractivity contribution >= 4 is 43.1 Å². The van der Waals surface area contributed by atoms with E-state index >= 15 is 0 Å². The van der Waals surface area contributed by atoms with Crippen molar-refractivity contribution < 1.29 is 18.1 Å². The van der Waals surface area contributed by atoms with Crippen LogP contribution in [0.3, 0.4) is 0 Å². The predicted octanol–water partition coefficient (Wildman–Crippen LogP) is 3.36. The van der Waals surface area contributed by atoms with Gasteiger partial charge in [0.15, 0.2) is 5.82 Å². The maximum Gasteiger partial charge on any atom is 0.270 e. The third-order valence-electron chi connectivity index (χ3n) is 6.24.